The van der Waals surface area contributed by atoms with Crippen molar-refractivity contribution < 1.29 is 19.7 Å². The molecule has 0 saturated heterocycles. The normalized spacial score (nSPS) is 47.8. The number of nitrogens with one attached hydrogen (secondary N) is 1. The lowest BCUT2D eigenvalue weighted by atomic mass is 9.43. The molecule has 0 heterocycles. The number of ether oxygens (including phenoxy) is 1. The monoisotopic (exact) mass is 471 g/mol. The van der Waals surface area contributed by atoms with Gasteiger partial charge in [0, 0.05) is 6.04 Å². The third-order valence-electron chi connectivity index (χ3n) is 10.3. The molecule has 5 nitrogen and oxygen atoms in total. The number of rotatable bonds is 5. The first-order valence-corrected chi connectivity index (χ1v) is 12.8. The first-order valence-electron chi connectivity index (χ1n) is 12.8. The number of methoxy groups -OCH3 is 1. The average Bonchev–Trinajstić information content (AvgIpc) is 3.05. The molecule has 0 amide bonds. The van der Waals surface area contributed by atoms with E-state index in [2.05, 4.69) is 33.0 Å². The molecule has 4 aliphatic carbocycles. The Bertz CT molecular complexity index is 674. The zero-order chi connectivity index (χ0) is 22.6. The lowest BCUT2D eigenvalue weighted by Gasteiger charge is -2.63. The molecule has 4 aliphatic rings. The van der Waals surface area contributed by atoms with Crippen LogP contribution in [0.15, 0.2) is 0 Å². The van der Waals surface area contributed by atoms with Crippen LogP contribution in [0.2, 0.25) is 0 Å². The maximum absolute atomic E-state index is 12.7. The Morgan fingerprint density at radius 3 is 2.44 bits per heavy atom. The Kier molecular flexibility index (Phi) is 7.97. The molecule has 0 aromatic rings. The number of hydrogen-bond donors (Lipinski definition) is 3. The van der Waals surface area contributed by atoms with Crippen molar-refractivity contribution >= 4 is 18.4 Å². The van der Waals surface area contributed by atoms with Crippen LogP contribution in [0, 0.1) is 46.3 Å². The maximum Gasteiger partial charge on any atom is 0.309 e. The van der Waals surface area contributed by atoms with E-state index < -0.39 is 12.2 Å². The number of fused-ring (bicyclic) bond motifs is 5. The molecule has 6 heteroatoms. The van der Waals surface area contributed by atoms with E-state index >= 15 is 0 Å². The van der Waals surface area contributed by atoms with Crippen LogP contribution in [0.25, 0.3) is 0 Å². The second kappa shape index (κ2) is 9.71. The van der Waals surface area contributed by atoms with E-state index in [9.17, 15) is 15.0 Å². The number of carbonyl (C=O) groups excluding carboxylic acids is 1. The minimum absolute atomic E-state index is 0. The van der Waals surface area contributed by atoms with Crippen LogP contribution >= 0.6 is 12.4 Å². The van der Waals surface area contributed by atoms with Crippen LogP contribution in [0.5, 0.6) is 0 Å². The minimum atomic E-state index is -0.615. The van der Waals surface area contributed by atoms with E-state index in [4.69, 9.17) is 4.74 Å². The van der Waals surface area contributed by atoms with Crippen molar-refractivity contribution in [3.8, 4) is 0 Å². The third-order valence-corrected chi connectivity index (χ3v) is 10.3. The lowest BCUT2D eigenvalue weighted by molar-refractivity contribution is -0.174. The first kappa shape index (κ1) is 26.2. The van der Waals surface area contributed by atoms with Crippen molar-refractivity contribution in [2.24, 2.45) is 46.3 Å². The fourth-order valence-corrected chi connectivity index (χ4v) is 8.75. The van der Waals surface area contributed by atoms with Gasteiger partial charge in [-0.15, -0.1) is 12.4 Å². The topological polar surface area (TPSA) is 78.8 Å². The van der Waals surface area contributed by atoms with Gasteiger partial charge in [-0.3, -0.25) is 4.79 Å². The van der Waals surface area contributed by atoms with E-state index in [1.165, 1.54) is 13.5 Å². The molecular formula is C26H46ClNO4. The van der Waals surface area contributed by atoms with Crippen LogP contribution in [-0.4, -0.2) is 48.1 Å². The Labute approximate surface area is 200 Å². The summed E-state index contributed by atoms with van der Waals surface area (Å²) in [6, 6.07) is 0.352. The Morgan fingerprint density at radius 1 is 1.06 bits per heavy atom. The molecule has 3 N–H and O–H groups in total. The van der Waals surface area contributed by atoms with Crippen molar-refractivity contribution in [1.29, 1.82) is 0 Å². The molecule has 0 radical (unpaired) electrons. The van der Waals surface area contributed by atoms with E-state index in [1.54, 1.807) is 0 Å². The van der Waals surface area contributed by atoms with Crippen LogP contribution in [0.3, 0.4) is 0 Å². The van der Waals surface area contributed by atoms with Gasteiger partial charge in [-0.05, 0) is 98.3 Å². The van der Waals surface area contributed by atoms with Gasteiger partial charge in [-0.1, -0.05) is 27.7 Å². The Balaban J connectivity index is 0.00000289. The van der Waals surface area contributed by atoms with E-state index in [0.717, 1.165) is 45.1 Å². The van der Waals surface area contributed by atoms with Gasteiger partial charge in [0.2, 0.25) is 0 Å². The molecule has 0 aromatic heterocycles. The zero-order valence-electron chi connectivity index (χ0n) is 20.7. The van der Waals surface area contributed by atoms with Gasteiger partial charge in [0.1, 0.15) is 0 Å². The standard InChI is InChI=1S/C26H45NO4.ClH/c1-15(2)10-11-27-20-13-26(4)18(8-9-19(26)24(30)31-5)17-7-6-16-12-21(28)22(29)14-25(16,3)23(17)20;/h15-23,27-29H,6-14H2,1-5H3;1H/t16-,17-,18-,19+,20+,21-,22-,23+,25-,26-;/m0./s1. The van der Waals surface area contributed by atoms with Gasteiger partial charge >= 0.3 is 5.97 Å². The highest BCUT2D eigenvalue weighted by molar-refractivity contribution is 5.85. The fourth-order valence-electron chi connectivity index (χ4n) is 8.75. The smallest absolute Gasteiger partial charge is 0.309 e. The number of halogens is 1. The summed E-state index contributed by atoms with van der Waals surface area (Å²) in [5.41, 5.74) is 0.0293. The lowest BCUT2D eigenvalue weighted by Crippen LogP contribution is -2.64. The third kappa shape index (κ3) is 4.25. The van der Waals surface area contributed by atoms with Crippen LogP contribution in [-0.2, 0) is 9.53 Å². The van der Waals surface area contributed by atoms with E-state index in [1.807, 2.05) is 0 Å². The van der Waals surface area contributed by atoms with Gasteiger partial charge in [0.05, 0.1) is 25.2 Å². The summed E-state index contributed by atoms with van der Waals surface area (Å²) in [5.74, 6) is 2.73. The zero-order valence-corrected chi connectivity index (χ0v) is 21.5. The summed E-state index contributed by atoms with van der Waals surface area (Å²) in [4.78, 5) is 12.7. The molecule has 186 valence electrons. The number of aliphatic hydroxyl groups is 2. The average molecular weight is 472 g/mol. The predicted molar refractivity (Wildman–Crippen MR) is 129 cm³/mol. The molecule has 0 aromatic carbocycles. The van der Waals surface area contributed by atoms with Gasteiger partial charge < -0.3 is 20.3 Å². The highest BCUT2D eigenvalue weighted by Crippen LogP contribution is 2.67. The highest BCUT2D eigenvalue weighted by Gasteiger charge is 2.64. The van der Waals surface area contributed by atoms with E-state index in [-0.39, 0.29) is 35.1 Å². The van der Waals surface area contributed by atoms with Gasteiger partial charge in [-0.2, -0.15) is 0 Å². The minimum Gasteiger partial charge on any atom is -0.469 e. The van der Waals surface area contributed by atoms with Crippen molar-refractivity contribution in [3.63, 3.8) is 0 Å². The summed E-state index contributed by atoms with van der Waals surface area (Å²) in [7, 11) is 1.53. The highest BCUT2D eigenvalue weighted by atomic mass is 35.5. The van der Waals surface area contributed by atoms with Gasteiger partial charge in [0.15, 0.2) is 0 Å². The largest absolute Gasteiger partial charge is 0.469 e. The molecule has 4 saturated carbocycles. The molecule has 0 spiro atoms. The number of aliphatic hydroxyl groups excluding tert-OH is 2. The van der Waals surface area contributed by atoms with Crippen molar-refractivity contribution in [3.05, 3.63) is 0 Å². The summed E-state index contributed by atoms with van der Waals surface area (Å²) in [6.07, 6.45) is 6.77. The molecular weight excluding hydrogens is 426 g/mol. The molecule has 0 unspecified atom stereocenters. The first-order chi connectivity index (χ1) is 14.6. The summed E-state index contributed by atoms with van der Waals surface area (Å²) < 4.78 is 5.24. The van der Waals surface area contributed by atoms with Gasteiger partial charge in [-0.25, -0.2) is 0 Å². The summed E-state index contributed by atoms with van der Waals surface area (Å²) in [6.45, 7) is 10.3. The molecule has 4 rings (SSSR count). The van der Waals surface area contributed by atoms with Crippen LogP contribution in [0.1, 0.15) is 79.1 Å². The van der Waals surface area contributed by atoms with Crippen LogP contribution in [0.4, 0.5) is 0 Å². The number of carbonyl (C=O) groups is 1. The SMILES string of the molecule is COC(=O)[C@H]1CC[C@H]2[C@@H]3CC[C@H]4C[C@H](O)[C@@H](O)C[C@]4(C)[C@H]3[C@H](NCCC(C)C)C[C@]12C.Cl. The van der Waals surface area contributed by atoms with Crippen molar-refractivity contribution in [2.45, 2.75) is 97.3 Å². The molecule has 0 aliphatic heterocycles. The molecule has 32 heavy (non-hydrogen) atoms. The molecule has 4 fully saturated rings. The van der Waals surface area contributed by atoms with E-state index in [0.29, 0.717) is 42.1 Å². The van der Waals surface area contributed by atoms with Crippen LogP contribution < -0.4 is 5.32 Å². The maximum atomic E-state index is 12.7. The quantitative estimate of drug-likeness (QED) is 0.524. The molecule has 10 atom stereocenters. The van der Waals surface area contributed by atoms with Crippen molar-refractivity contribution in [2.75, 3.05) is 13.7 Å². The second-order valence-corrected chi connectivity index (χ2v) is 12.3. The second-order valence-electron chi connectivity index (χ2n) is 12.3. The Morgan fingerprint density at radius 2 is 1.78 bits per heavy atom. The summed E-state index contributed by atoms with van der Waals surface area (Å²) >= 11 is 0. The predicted octanol–water partition coefficient (Wildman–Crippen LogP) is 4.19. The van der Waals surface area contributed by atoms with Gasteiger partial charge in [0.25, 0.3) is 0 Å². The van der Waals surface area contributed by atoms with Crippen molar-refractivity contribution in [1.82, 2.24) is 5.32 Å². The summed E-state index contributed by atoms with van der Waals surface area (Å²) in [5, 5.41) is 25.0. The molecule has 0 bridgehead atoms. The Hall–Kier alpha value is -0.360. The fraction of sp³-hybridized carbons (Fsp3) is 0.962. The number of esters is 1. The number of hydrogen-bond acceptors (Lipinski definition) is 5.